The predicted octanol–water partition coefficient (Wildman–Crippen LogP) is 1.10. The van der Waals surface area contributed by atoms with Gasteiger partial charge in [-0.25, -0.2) is 0 Å². The summed E-state index contributed by atoms with van der Waals surface area (Å²) < 4.78 is 0. The molecule has 0 radical (unpaired) electrons. The third kappa shape index (κ3) is 1.62. The minimum atomic E-state index is 0.693. The molecule has 0 spiro atoms. The molecule has 0 unspecified atom stereocenters. The molecule has 0 bridgehead atoms. The Morgan fingerprint density at radius 1 is 1.60 bits per heavy atom. The Morgan fingerprint density at radius 3 is 3.00 bits per heavy atom. The zero-order chi connectivity index (χ0) is 7.40. The van der Waals surface area contributed by atoms with Crippen molar-refractivity contribution >= 4 is 11.4 Å². The van der Waals surface area contributed by atoms with Crippen molar-refractivity contribution in [2.45, 2.75) is 6.92 Å². The van der Waals surface area contributed by atoms with Crippen LogP contribution < -0.4 is 11.1 Å². The van der Waals surface area contributed by atoms with E-state index in [9.17, 15) is 0 Å². The maximum absolute atomic E-state index is 5.49. The Labute approximate surface area is 60.3 Å². The Kier molecular flexibility index (Phi) is 2.10. The van der Waals surface area contributed by atoms with E-state index in [1.807, 2.05) is 13.0 Å². The van der Waals surface area contributed by atoms with Crippen LogP contribution in [0, 0.1) is 0 Å². The number of rotatable bonds is 2. The summed E-state index contributed by atoms with van der Waals surface area (Å²) in [5.74, 6) is 0. The molecule has 3 nitrogen and oxygen atoms in total. The molecule has 0 fully saturated rings. The first-order chi connectivity index (χ1) is 4.83. The van der Waals surface area contributed by atoms with Crippen molar-refractivity contribution in [3.63, 3.8) is 0 Å². The maximum Gasteiger partial charge on any atom is 0.0547 e. The molecule has 0 aliphatic heterocycles. The van der Waals surface area contributed by atoms with Gasteiger partial charge in [0.15, 0.2) is 0 Å². The van der Waals surface area contributed by atoms with Crippen LogP contribution in [0.1, 0.15) is 6.92 Å². The molecular formula is C7H11N3. The van der Waals surface area contributed by atoms with Crippen molar-refractivity contribution in [1.29, 1.82) is 0 Å². The second kappa shape index (κ2) is 3.06. The van der Waals surface area contributed by atoms with E-state index in [4.69, 9.17) is 5.73 Å². The summed E-state index contributed by atoms with van der Waals surface area (Å²) in [5.41, 5.74) is 7.15. The molecule has 0 saturated heterocycles. The van der Waals surface area contributed by atoms with Gasteiger partial charge in [0.05, 0.1) is 17.6 Å². The lowest BCUT2D eigenvalue weighted by molar-refractivity contribution is 1.19. The third-order valence-electron chi connectivity index (χ3n) is 1.14. The molecule has 3 N–H and O–H groups in total. The van der Waals surface area contributed by atoms with E-state index in [1.54, 1.807) is 12.4 Å². The number of anilines is 2. The van der Waals surface area contributed by atoms with E-state index in [0.717, 1.165) is 12.2 Å². The standard InChI is InChI=1S/C7H11N3/c1-2-10-7-3-6(8)4-9-5-7/h3-5,10H,2,8H2,1H3. The van der Waals surface area contributed by atoms with Crippen LogP contribution >= 0.6 is 0 Å². The van der Waals surface area contributed by atoms with Gasteiger partial charge in [-0.1, -0.05) is 0 Å². The number of hydrogen-bond donors (Lipinski definition) is 2. The zero-order valence-electron chi connectivity index (χ0n) is 5.96. The monoisotopic (exact) mass is 137 g/mol. The number of nitrogens with one attached hydrogen (secondary N) is 1. The second-order valence-electron chi connectivity index (χ2n) is 2.04. The van der Waals surface area contributed by atoms with Crippen LogP contribution in [-0.4, -0.2) is 11.5 Å². The molecule has 1 rings (SSSR count). The van der Waals surface area contributed by atoms with E-state index >= 15 is 0 Å². The van der Waals surface area contributed by atoms with E-state index < -0.39 is 0 Å². The summed E-state index contributed by atoms with van der Waals surface area (Å²) in [6, 6.07) is 1.86. The fraction of sp³-hybridized carbons (Fsp3) is 0.286. The van der Waals surface area contributed by atoms with Crippen molar-refractivity contribution in [3.8, 4) is 0 Å². The number of nitrogen functional groups attached to an aromatic ring is 1. The predicted molar refractivity (Wildman–Crippen MR) is 42.8 cm³/mol. The molecule has 3 heteroatoms. The smallest absolute Gasteiger partial charge is 0.0547 e. The van der Waals surface area contributed by atoms with Gasteiger partial charge < -0.3 is 11.1 Å². The largest absolute Gasteiger partial charge is 0.397 e. The Morgan fingerprint density at radius 2 is 2.40 bits per heavy atom. The van der Waals surface area contributed by atoms with Crippen LogP contribution in [0.25, 0.3) is 0 Å². The van der Waals surface area contributed by atoms with Gasteiger partial charge >= 0.3 is 0 Å². The third-order valence-corrected chi connectivity index (χ3v) is 1.14. The highest BCUT2D eigenvalue weighted by Crippen LogP contribution is 2.07. The Balaban J connectivity index is 2.75. The van der Waals surface area contributed by atoms with E-state index in [-0.39, 0.29) is 0 Å². The summed E-state index contributed by atoms with van der Waals surface area (Å²) in [4.78, 5) is 3.92. The molecule has 0 aliphatic rings. The van der Waals surface area contributed by atoms with Crippen molar-refractivity contribution in [3.05, 3.63) is 18.5 Å². The first-order valence-electron chi connectivity index (χ1n) is 3.27. The summed E-state index contributed by atoms with van der Waals surface area (Å²) in [5, 5.41) is 3.11. The molecule has 0 amide bonds. The number of nitrogens with two attached hydrogens (primary N) is 1. The molecule has 10 heavy (non-hydrogen) atoms. The van der Waals surface area contributed by atoms with Gasteiger partial charge in [-0.15, -0.1) is 0 Å². The number of nitrogens with zero attached hydrogens (tertiary/aromatic N) is 1. The normalized spacial score (nSPS) is 9.30. The Hall–Kier alpha value is -1.25. The molecule has 54 valence electrons. The Bertz CT molecular complexity index is 210. The van der Waals surface area contributed by atoms with Crippen LogP contribution in [0.4, 0.5) is 11.4 Å². The van der Waals surface area contributed by atoms with E-state index in [1.165, 1.54) is 0 Å². The average Bonchev–Trinajstić information content (AvgIpc) is 1.88. The molecule has 0 aliphatic carbocycles. The first-order valence-corrected chi connectivity index (χ1v) is 3.27. The van der Waals surface area contributed by atoms with Gasteiger partial charge in [0.2, 0.25) is 0 Å². The molecule has 0 saturated carbocycles. The van der Waals surface area contributed by atoms with E-state index in [0.29, 0.717) is 5.69 Å². The highest BCUT2D eigenvalue weighted by molar-refractivity contribution is 5.50. The van der Waals surface area contributed by atoms with Crippen LogP contribution in [-0.2, 0) is 0 Å². The minimum absolute atomic E-state index is 0.693. The zero-order valence-corrected chi connectivity index (χ0v) is 5.96. The molecule has 0 atom stereocenters. The molecule has 0 aromatic carbocycles. The molecule has 1 aromatic heterocycles. The average molecular weight is 137 g/mol. The first kappa shape index (κ1) is 6.86. The lowest BCUT2D eigenvalue weighted by Gasteiger charge is -2.01. The van der Waals surface area contributed by atoms with E-state index in [2.05, 4.69) is 10.3 Å². The van der Waals surface area contributed by atoms with Gasteiger partial charge in [0.1, 0.15) is 0 Å². The minimum Gasteiger partial charge on any atom is -0.397 e. The number of hydrogen-bond acceptors (Lipinski definition) is 3. The van der Waals surface area contributed by atoms with Gasteiger partial charge in [-0.3, -0.25) is 4.98 Å². The lowest BCUT2D eigenvalue weighted by Crippen LogP contribution is -1.97. The molecule has 1 aromatic rings. The van der Waals surface area contributed by atoms with Crippen molar-refractivity contribution < 1.29 is 0 Å². The van der Waals surface area contributed by atoms with Crippen molar-refractivity contribution in [2.75, 3.05) is 17.6 Å². The topological polar surface area (TPSA) is 50.9 Å². The fourth-order valence-electron chi connectivity index (χ4n) is 0.759. The SMILES string of the molecule is CCNc1cncc(N)c1. The van der Waals surface area contributed by atoms with Crippen LogP contribution in [0.2, 0.25) is 0 Å². The van der Waals surface area contributed by atoms with Crippen LogP contribution in [0.3, 0.4) is 0 Å². The maximum atomic E-state index is 5.49. The van der Waals surface area contributed by atoms with Crippen LogP contribution in [0.5, 0.6) is 0 Å². The summed E-state index contributed by atoms with van der Waals surface area (Å²) in [6.07, 6.45) is 3.38. The lowest BCUT2D eigenvalue weighted by atomic mass is 10.4. The number of aromatic nitrogens is 1. The summed E-state index contributed by atoms with van der Waals surface area (Å²) in [6.45, 7) is 2.92. The highest BCUT2D eigenvalue weighted by atomic mass is 14.9. The highest BCUT2D eigenvalue weighted by Gasteiger charge is 1.88. The molecule has 1 heterocycles. The van der Waals surface area contributed by atoms with Gasteiger partial charge in [0.25, 0.3) is 0 Å². The number of pyridine rings is 1. The van der Waals surface area contributed by atoms with Crippen molar-refractivity contribution in [2.24, 2.45) is 0 Å². The van der Waals surface area contributed by atoms with Crippen molar-refractivity contribution in [1.82, 2.24) is 4.98 Å². The summed E-state index contributed by atoms with van der Waals surface area (Å²) in [7, 11) is 0. The fourth-order valence-corrected chi connectivity index (χ4v) is 0.759. The van der Waals surface area contributed by atoms with Gasteiger partial charge in [0, 0.05) is 12.7 Å². The van der Waals surface area contributed by atoms with Crippen LogP contribution in [0.15, 0.2) is 18.5 Å². The quantitative estimate of drug-likeness (QED) is 0.641. The van der Waals surface area contributed by atoms with Gasteiger partial charge in [-0.05, 0) is 13.0 Å². The summed E-state index contributed by atoms with van der Waals surface area (Å²) >= 11 is 0. The molecular weight excluding hydrogens is 126 g/mol. The second-order valence-corrected chi connectivity index (χ2v) is 2.04. The van der Waals surface area contributed by atoms with Gasteiger partial charge in [-0.2, -0.15) is 0 Å².